The van der Waals surface area contributed by atoms with Gasteiger partial charge in [-0.05, 0) is 18.1 Å². The molecule has 1 aromatic carbocycles. The normalized spacial score (nSPS) is 12.6. The summed E-state index contributed by atoms with van der Waals surface area (Å²) in [4.78, 5) is 4.84. The second-order valence-electron chi connectivity index (χ2n) is 7.45. The van der Waals surface area contributed by atoms with Crippen molar-refractivity contribution in [1.82, 2.24) is 0 Å². The van der Waals surface area contributed by atoms with Gasteiger partial charge in [0, 0.05) is 12.8 Å². The van der Waals surface area contributed by atoms with Gasteiger partial charge in [-0.25, -0.2) is 0 Å². The molecule has 0 bridgehead atoms. The van der Waals surface area contributed by atoms with Crippen molar-refractivity contribution in [2.75, 3.05) is 60.9 Å². The molecule has 0 radical (unpaired) electrons. The van der Waals surface area contributed by atoms with Crippen LogP contribution in [0.5, 0.6) is 0 Å². The van der Waals surface area contributed by atoms with Crippen molar-refractivity contribution in [2.24, 2.45) is 0 Å². The first-order chi connectivity index (χ1) is 11.0. The molecule has 0 atom stereocenters. The van der Waals surface area contributed by atoms with Gasteiger partial charge in [-0.15, -0.1) is 0 Å². The van der Waals surface area contributed by atoms with Crippen LogP contribution in [0.2, 0.25) is 0 Å². The summed E-state index contributed by atoms with van der Waals surface area (Å²) in [5.74, 6) is 0. The molecule has 0 heterocycles. The van der Waals surface area contributed by atoms with Crippen LogP contribution < -0.4 is 14.7 Å². The Hall–Kier alpha value is -1.16. The van der Waals surface area contributed by atoms with Crippen LogP contribution in [-0.2, 0) is 0 Å². The molecule has 0 saturated heterocycles. The summed E-state index contributed by atoms with van der Waals surface area (Å²) in [5.41, 5.74) is 2.81. The summed E-state index contributed by atoms with van der Waals surface area (Å²) in [5, 5.41) is 0. The standard InChI is InChI=1S/C20H35N3/c1-19(17-20-11-7-6-8-12-20)18-23(15-9-13-21(2)3)16-10-14-22(4)5/h6-8,11-12,17H,9-10,13-16,18H2,1-5H3/p+3/b19-17-. The van der Waals surface area contributed by atoms with E-state index in [9.17, 15) is 0 Å². The molecule has 3 N–H and O–H groups in total. The molecule has 3 nitrogen and oxygen atoms in total. The Morgan fingerprint density at radius 2 is 1.35 bits per heavy atom. The number of benzene rings is 1. The van der Waals surface area contributed by atoms with Gasteiger partial charge in [0.05, 0.1) is 60.9 Å². The largest absolute Gasteiger partial charge is 0.340 e. The first-order valence-electron chi connectivity index (χ1n) is 9.11. The molecule has 0 aliphatic heterocycles. The maximum atomic E-state index is 2.34. The minimum atomic E-state index is 1.17. The first kappa shape index (κ1) is 19.9. The monoisotopic (exact) mass is 320 g/mol. The second-order valence-corrected chi connectivity index (χ2v) is 7.45. The van der Waals surface area contributed by atoms with E-state index < -0.39 is 0 Å². The summed E-state index contributed by atoms with van der Waals surface area (Å²) in [6.45, 7) is 8.55. The molecule has 0 saturated carbocycles. The molecule has 23 heavy (non-hydrogen) atoms. The number of hydrogen-bond donors (Lipinski definition) is 3. The summed E-state index contributed by atoms with van der Waals surface area (Å²) >= 11 is 0. The molecule has 0 unspecified atom stereocenters. The van der Waals surface area contributed by atoms with E-state index in [1.165, 1.54) is 56.7 Å². The van der Waals surface area contributed by atoms with Crippen LogP contribution in [0.15, 0.2) is 35.9 Å². The minimum absolute atomic E-state index is 1.17. The Kier molecular flexibility index (Phi) is 9.85. The molecule has 0 aromatic heterocycles. The number of nitrogens with one attached hydrogen (secondary N) is 3. The Labute approximate surface area is 143 Å². The van der Waals surface area contributed by atoms with Gasteiger partial charge in [-0.2, -0.15) is 0 Å². The number of hydrogen-bond acceptors (Lipinski definition) is 0. The van der Waals surface area contributed by atoms with Gasteiger partial charge in [0.2, 0.25) is 0 Å². The van der Waals surface area contributed by atoms with Gasteiger partial charge in [0.25, 0.3) is 0 Å². The predicted molar refractivity (Wildman–Crippen MR) is 100 cm³/mol. The summed E-state index contributed by atoms with van der Waals surface area (Å²) in [6.07, 6.45) is 4.96. The molecule has 130 valence electrons. The molecule has 0 fully saturated rings. The zero-order valence-corrected chi connectivity index (χ0v) is 15.9. The van der Waals surface area contributed by atoms with Gasteiger partial charge in [-0.3, -0.25) is 0 Å². The lowest BCUT2D eigenvalue weighted by atomic mass is 10.1. The van der Waals surface area contributed by atoms with E-state index in [0.29, 0.717) is 0 Å². The van der Waals surface area contributed by atoms with E-state index in [1.54, 1.807) is 14.7 Å². The molecular weight excluding hydrogens is 282 g/mol. The van der Waals surface area contributed by atoms with Crippen LogP contribution >= 0.6 is 0 Å². The lowest BCUT2D eigenvalue weighted by molar-refractivity contribution is -0.910. The van der Waals surface area contributed by atoms with Crippen molar-refractivity contribution < 1.29 is 14.7 Å². The van der Waals surface area contributed by atoms with Crippen LogP contribution in [-0.4, -0.2) is 60.9 Å². The molecule has 0 amide bonds. The highest BCUT2D eigenvalue weighted by Crippen LogP contribution is 2.04. The van der Waals surface area contributed by atoms with E-state index in [4.69, 9.17) is 0 Å². The van der Waals surface area contributed by atoms with E-state index >= 15 is 0 Å². The van der Waals surface area contributed by atoms with Crippen LogP contribution in [0.25, 0.3) is 6.08 Å². The van der Waals surface area contributed by atoms with E-state index in [0.717, 1.165) is 0 Å². The third kappa shape index (κ3) is 10.3. The van der Waals surface area contributed by atoms with Gasteiger partial charge in [-0.1, -0.05) is 36.4 Å². The fourth-order valence-electron chi connectivity index (χ4n) is 2.96. The minimum Gasteiger partial charge on any atom is -0.340 e. The first-order valence-corrected chi connectivity index (χ1v) is 9.11. The highest BCUT2D eigenvalue weighted by molar-refractivity contribution is 5.52. The van der Waals surface area contributed by atoms with Crippen LogP contribution in [0.1, 0.15) is 25.3 Å². The van der Waals surface area contributed by atoms with Crippen molar-refractivity contribution in [3.8, 4) is 0 Å². The summed E-state index contributed by atoms with van der Waals surface area (Å²) in [7, 11) is 8.98. The van der Waals surface area contributed by atoms with Crippen LogP contribution in [0, 0.1) is 0 Å². The molecule has 1 aromatic rings. The maximum Gasteiger partial charge on any atom is 0.0988 e. The van der Waals surface area contributed by atoms with Gasteiger partial charge >= 0.3 is 0 Å². The van der Waals surface area contributed by atoms with Crippen molar-refractivity contribution in [3.05, 3.63) is 41.5 Å². The average Bonchev–Trinajstić information content (AvgIpc) is 2.47. The van der Waals surface area contributed by atoms with E-state index in [2.05, 4.69) is 71.5 Å². The Balaban J connectivity index is 2.53. The highest BCUT2D eigenvalue weighted by Gasteiger charge is 2.11. The fraction of sp³-hybridized carbons (Fsp3) is 0.600. The number of rotatable bonds is 11. The van der Waals surface area contributed by atoms with Crippen LogP contribution in [0.3, 0.4) is 0 Å². The Morgan fingerprint density at radius 1 is 0.826 bits per heavy atom. The molecular formula is C20H38N3+3. The van der Waals surface area contributed by atoms with Crippen LogP contribution in [0.4, 0.5) is 0 Å². The van der Waals surface area contributed by atoms with E-state index in [-0.39, 0.29) is 0 Å². The maximum absolute atomic E-state index is 2.34. The third-order valence-corrected chi connectivity index (χ3v) is 4.16. The second kappa shape index (κ2) is 11.4. The summed E-state index contributed by atoms with van der Waals surface area (Å²) < 4.78 is 0. The fourth-order valence-corrected chi connectivity index (χ4v) is 2.96. The highest BCUT2D eigenvalue weighted by atomic mass is 15.1. The smallest absolute Gasteiger partial charge is 0.0988 e. The van der Waals surface area contributed by atoms with Gasteiger partial charge < -0.3 is 14.7 Å². The van der Waals surface area contributed by atoms with Crippen molar-refractivity contribution in [3.63, 3.8) is 0 Å². The van der Waals surface area contributed by atoms with E-state index in [1.807, 2.05) is 0 Å². The Morgan fingerprint density at radius 3 is 1.83 bits per heavy atom. The van der Waals surface area contributed by atoms with Crippen molar-refractivity contribution in [2.45, 2.75) is 19.8 Å². The molecule has 0 spiro atoms. The topological polar surface area (TPSA) is 13.3 Å². The Bertz CT molecular complexity index is 423. The SMILES string of the molecule is C/C(=C/c1ccccc1)C[NH+](CCC[NH+](C)C)CCC[NH+](C)C. The van der Waals surface area contributed by atoms with Gasteiger partial charge in [0.15, 0.2) is 0 Å². The van der Waals surface area contributed by atoms with Crippen molar-refractivity contribution in [1.29, 1.82) is 0 Å². The molecule has 0 aliphatic rings. The number of quaternary nitrogens is 3. The van der Waals surface area contributed by atoms with Gasteiger partial charge in [0.1, 0.15) is 0 Å². The summed E-state index contributed by atoms with van der Waals surface area (Å²) in [6, 6.07) is 10.7. The van der Waals surface area contributed by atoms with Crippen molar-refractivity contribution >= 4 is 6.08 Å². The predicted octanol–water partition coefficient (Wildman–Crippen LogP) is -0.956. The lowest BCUT2D eigenvalue weighted by Crippen LogP contribution is -3.14. The quantitative estimate of drug-likeness (QED) is 0.465. The average molecular weight is 321 g/mol. The third-order valence-electron chi connectivity index (χ3n) is 4.16. The molecule has 3 heteroatoms. The zero-order chi connectivity index (χ0) is 17.1. The molecule has 0 aliphatic carbocycles. The zero-order valence-electron chi connectivity index (χ0n) is 15.9. The lowest BCUT2D eigenvalue weighted by Gasteiger charge is -2.21. The molecule has 1 rings (SSSR count).